The van der Waals surface area contributed by atoms with E-state index in [1.165, 1.54) is 0 Å². The average molecular weight is 405 g/mol. The van der Waals surface area contributed by atoms with Crippen molar-refractivity contribution < 1.29 is 14.2 Å². The molecule has 2 saturated heterocycles. The molecule has 29 heavy (non-hydrogen) atoms. The first-order chi connectivity index (χ1) is 14.2. The number of rotatable bonds is 8. The molecule has 1 aromatic carbocycles. The number of hydrogen-bond donors (Lipinski definition) is 1. The summed E-state index contributed by atoms with van der Waals surface area (Å²) < 4.78 is 17.2. The van der Waals surface area contributed by atoms with Crippen LogP contribution in [0.1, 0.15) is 19.8 Å². The third-order valence-electron chi connectivity index (χ3n) is 5.78. The molecular weight excluding hydrogens is 368 g/mol. The Labute approximate surface area is 175 Å². The summed E-state index contributed by atoms with van der Waals surface area (Å²) in [6.07, 6.45) is 1.81. The van der Waals surface area contributed by atoms with Crippen LogP contribution < -0.4 is 10.1 Å². The van der Waals surface area contributed by atoms with Gasteiger partial charge in [-0.1, -0.05) is 18.2 Å². The van der Waals surface area contributed by atoms with Gasteiger partial charge in [0.15, 0.2) is 5.96 Å². The van der Waals surface area contributed by atoms with Gasteiger partial charge >= 0.3 is 0 Å². The normalized spacial score (nSPS) is 20.5. The Morgan fingerprint density at radius 1 is 1.14 bits per heavy atom. The average Bonchev–Trinajstić information content (AvgIpc) is 2.78. The molecule has 0 aromatic heterocycles. The SMILES string of the molecule is CCNC(=NCC1(OC)CCOCC1)N1CCN(CCOc2ccccc2)CC1. The van der Waals surface area contributed by atoms with Gasteiger partial charge in [0.25, 0.3) is 0 Å². The lowest BCUT2D eigenvalue weighted by molar-refractivity contribution is -0.0829. The van der Waals surface area contributed by atoms with E-state index in [9.17, 15) is 0 Å². The molecule has 7 nitrogen and oxygen atoms in total. The minimum absolute atomic E-state index is 0.185. The summed E-state index contributed by atoms with van der Waals surface area (Å²) in [7, 11) is 1.80. The Balaban J connectivity index is 1.46. The summed E-state index contributed by atoms with van der Waals surface area (Å²) >= 11 is 0. The fourth-order valence-corrected chi connectivity index (χ4v) is 3.81. The topological polar surface area (TPSA) is 58.6 Å². The molecule has 2 aliphatic heterocycles. The summed E-state index contributed by atoms with van der Waals surface area (Å²) in [6, 6.07) is 10.0. The maximum atomic E-state index is 5.84. The van der Waals surface area contributed by atoms with E-state index in [1.807, 2.05) is 30.3 Å². The number of nitrogens with one attached hydrogen (secondary N) is 1. The summed E-state index contributed by atoms with van der Waals surface area (Å²) in [6.45, 7) is 10.8. The molecule has 7 heteroatoms. The van der Waals surface area contributed by atoms with Crippen LogP contribution in [0.3, 0.4) is 0 Å². The molecule has 0 aliphatic carbocycles. The second kappa shape index (κ2) is 11.4. The predicted octanol–water partition coefficient (Wildman–Crippen LogP) is 1.84. The number of ether oxygens (including phenoxy) is 3. The van der Waals surface area contributed by atoms with Gasteiger partial charge in [-0.15, -0.1) is 0 Å². The Morgan fingerprint density at radius 2 is 1.86 bits per heavy atom. The highest BCUT2D eigenvalue weighted by molar-refractivity contribution is 5.80. The van der Waals surface area contributed by atoms with Crippen LogP contribution in [0.5, 0.6) is 5.75 Å². The minimum Gasteiger partial charge on any atom is -0.492 e. The fourth-order valence-electron chi connectivity index (χ4n) is 3.81. The predicted molar refractivity (Wildman–Crippen MR) is 116 cm³/mol. The molecule has 0 unspecified atom stereocenters. The van der Waals surface area contributed by atoms with Crippen LogP contribution in [0.15, 0.2) is 35.3 Å². The second-order valence-corrected chi connectivity index (χ2v) is 7.66. The Kier molecular flexibility index (Phi) is 8.58. The van der Waals surface area contributed by atoms with E-state index in [1.54, 1.807) is 7.11 Å². The van der Waals surface area contributed by atoms with Gasteiger partial charge in [-0.25, -0.2) is 0 Å². The van der Waals surface area contributed by atoms with E-state index in [-0.39, 0.29) is 5.60 Å². The first-order valence-corrected chi connectivity index (χ1v) is 10.8. The van der Waals surface area contributed by atoms with E-state index in [0.717, 1.165) is 83.6 Å². The summed E-state index contributed by atoms with van der Waals surface area (Å²) in [5.74, 6) is 1.93. The maximum Gasteiger partial charge on any atom is 0.194 e. The maximum absolute atomic E-state index is 5.84. The van der Waals surface area contributed by atoms with Crippen LogP contribution in [0.25, 0.3) is 0 Å². The highest BCUT2D eigenvalue weighted by atomic mass is 16.5. The van der Waals surface area contributed by atoms with E-state index < -0.39 is 0 Å². The zero-order valence-corrected chi connectivity index (χ0v) is 17.9. The van der Waals surface area contributed by atoms with E-state index in [2.05, 4.69) is 22.0 Å². The molecule has 1 N–H and O–H groups in total. The van der Waals surface area contributed by atoms with Crippen molar-refractivity contribution in [1.29, 1.82) is 0 Å². The molecule has 1 aromatic rings. The lowest BCUT2D eigenvalue weighted by Gasteiger charge is -2.38. The second-order valence-electron chi connectivity index (χ2n) is 7.66. The molecule has 0 bridgehead atoms. The van der Waals surface area contributed by atoms with Crippen LogP contribution >= 0.6 is 0 Å². The molecule has 3 rings (SSSR count). The fraction of sp³-hybridized carbons (Fsp3) is 0.682. The lowest BCUT2D eigenvalue weighted by atomic mass is 9.94. The van der Waals surface area contributed by atoms with Gasteiger partial charge in [-0.2, -0.15) is 0 Å². The van der Waals surface area contributed by atoms with Crippen molar-refractivity contribution in [3.8, 4) is 5.75 Å². The zero-order chi connectivity index (χ0) is 20.4. The smallest absolute Gasteiger partial charge is 0.194 e. The van der Waals surface area contributed by atoms with Crippen LogP contribution in [-0.2, 0) is 9.47 Å². The molecule has 0 radical (unpaired) electrons. The van der Waals surface area contributed by atoms with Crippen molar-refractivity contribution in [2.75, 3.05) is 72.7 Å². The van der Waals surface area contributed by atoms with Gasteiger partial charge in [0.2, 0.25) is 0 Å². The van der Waals surface area contributed by atoms with Crippen LogP contribution in [0.2, 0.25) is 0 Å². The highest BCUT2D eigenvalue weighted by Crippen LogP contribution is 2.25. The highest BCUT2D eigenvalue weighted by Gasteiger charge is 2.32. The standard InChI is InChI=1S/C22H36N4O3/c1-3-23-21(24-19-22(27-2)9-16-28-17-10-22)26-13-11-25(12-14-26)15-18-29-20-7-5-4-6-8-20/h4-8H,3,9-19H2,1-2H3,(H,23,24). The molecular formula is C22H36N4O3. The quantitative estimate of drug-likeness (QED) is 0.527. The monoisotopic (exact) mass is 404 g/mol. The van der Waals surface area contributed by atoms with E-state index in [0.29, 0.717) is 6.54 Å². The largest absolute Gasteiger partial charge is 0.492 e. The zero-order valence-electron chi connectivity index (χ0n) is 17.9. The van der Waals surface area contributed by atoms with Gasteiger partial charge < -0.3 is 24.4 Å². The number of benzene rings is 1. The number of guanidine groups is 1. The van der Waals surface area contributed by atoms with Crippen molar-refractivity contribution in [3.05, 3.63) is 30.3 Å². The first kappa shape index (κ1) is 21.9. The summed E-state index contributed by atoms with van der Waals surface area (Å²) in [5, 5.41) is 3.46. The van der Waals surface area contributed by atoms with Gasteiger partial charge in [0.05, 0.1) is 12.1 Å². The number of piperazine rings is 1. The Morgan fingerprint density at radius 3 is 2.52 bits per heavy atom. The molecule has 0 atom stereocenters. The van der Waals surface area contributed by atoms with Crippen molar-refractivity contribution in [2.24, 2.45) is 4.99 Å². The first-order valence-electron chi connectivity index (χ1n) is 10.8. The molecule has 0 spiro atoms. The Hall–Kier alpha value is -1.83. The van der Waals surface area contributed by atoms with Crippen LogP contribution in [-0.4, -0.2) is 94.1 Å². The van der Waals surface area contributed by atoms with E-state index >= 15 is 0 Å². The summed E-state index contributed by atoms with van der Waals surface area (Å²) in [5.41, 5.74) is -0.185. The minimum atomic E-state index is -0.185. The van der Waals surface area contributed by atoms with Crippen LogP contribution in [0, 0.1) is 0 Å². The third kappa shape index (κ3) is 6.59. The van der Waals surface area contributed by atoms with Gasteiger partial charge in [0, 0.05) is 72.4 Å². The summed E-state index contributed by atoms with van der Waals surface area (Å²) in [4.78, 5) is 9.76. The molecule has 162 valence electrons. The number of aliphatic imine (C=N–C) groups is 1. The lowest BCUT2D eigenvalue weighted by Crippen LogP contribution is -2.53. The van der Waals surface area contributed by atoms with Gasteiger partial charge in [-0.05, 0) is 19.1 Å². The molecule has 2 heterocycles. The number of para-hydroxylation sites is 1. The van der Waals surface area contributed by atoms with Crippen LogP contribution in [0.4, 0.5) is 0 Å². The van der Waals surface area contributed by atoms with E-state index in [4.69, 9.17) is 19.2 Å². The number of nitrogens with zero attached hydrogens (tertiary/aromatic N) is 3. The third-order valence-corrected chi connectivity index (χ3v) is 5.78. The van der Waals surface area contributed by atoms with Gasteiger partial charge in [-0.3, -0.25) is 9.89 Å². The molecule has 2 aliphatic rings. The van der Waals surface area contributed by atoms with Crippen molar-refractivity contribution in [1.82, 2.24) is 15.1 Å². The van der Waals surface area contributed by atoms with Crippen molar-refractivity contribution in [2.45, 2.75) is 25.4 Å². The van der Waals surface area contributed by atoms with Gasteiger partial charge in [0.1, 0.15) is 12.4 Å². The Bertz CT molecular complexity index is 612. The number of methoxy groups -OCH3 is 1. The molecule has 0 saturated carbocycles. The molecule has 2 fully saturated rings. The molecule has 0 amide bonds. The van der Waals surface area contributed by atoms with Crippen molar-refractivity contribution in [3.63, 3.8) is 0 Å². The number of hydrogen-bond acceptors (Lipinski definition) is 5. The van der Waals surface area contributed by atoms with Crippen molar-refractivity contribution >= 4 is 5.96 Å².